The molecule has 0 radical (unpaired) electrons. The number of aromatic nitrogens is 1. The van der Waals surface area contributed by atoms with Gasteiger partial charge in [-0.3, -0.25) is 5.32 Å². The Hall–Kier alpha value is -2.80. The summed E-state index contributed by atoms with van der Waals surface area (Å²) in [7, 11) is 0. The summed E-state index contributed by atoms with van der Waals surface area (Å²) in [4.78, 5) is 15.9. The van der Waals surface area contributed by atoms with Gasteiger partial charge in [-0.1, -0.05) is 13.8 Å². The van der Waals surface area contributed by atoms with E-state index >= 15 is 0 Å². The Balaban J connectivity index is 1.85. The number of hydrogen-bond donors (Lipinski definition) is 2. The Morgan fingerprint density at radius 3 is 2.93 bits per heavy atom. The molecule has 0 saturated carbocycles. The van der Waals surface area contributed by atoms with Gasteiger partial charge in [0.05, 0.1) is 9.35 Å². The molecular weight excluding hydrogens is 370 g/mol. The number of anilines is 1. The topological polar surface area (TPSA) is 95.7 Å². The minimum Gasteiger partial charge on any atom is -0.492 e. The largest absolute Gasteiger partial charge is 0.492 e. The fourth-order valence-electron chi connectivity index (χ4n) is 3.32. The number of pyridine rings is 1. The lowest BCUT2D eigenvalue weighted by atomic mass is 9.93. The van der Waals surface area contributed by atoms with Crippen molar-refractivity contribution in [2.24, 2.45) is 11.7 Å². The number of amides is 1. The maximum Gasteiger partial charge on any atom is 0.412 e. The molecule has 3 rings (SSSR count). The molecule has 0 fully saturated rings. The van der Waals surface area contributed by atoms with E-state index in [2.05, 4.69) is 10.3 Å². The molecule has 1 atom stereocenters. The number of ether oxygens (including phenoxy) is 3. The Kier molecular flexibility index (Phi) is 5.47. The van der Waals surface area contributed by atoms with Crippen molar-refractivity contribution in [3.05, 3.63) is 36.0 Å². The molecule has 1 aromatic heterocycles. The third-order valence-corrected chi connectivity index (χ3v) is 4.35. The minimum absolute atomic E-state index is 0.225. The second kappa shape index (κ2) is 8.69. The van der Waals surface area contributed by atoms with Crippen molar-refractivity contribution in [2.75, 3.05) is 18.5 Å². The fourth-order valence-corrected chi connectivity index (χ4v) is 3.32. The number of hydrogen-bond acceptors (Lipinski definition) is 6. The second-order valence-corrected chi connectivity index (χ2v) is 7.74. The SMILES string of the molecule is [2H]C([2H])(Oc1ccc2c(c1)OCc1cnc(NC(=O)OCC)cc1-2)C(C)(N)CC(C)C. The van der Waals surface area contributed by atoms with Crippen LogP contribution in [0.1, 0.15) is 42.4 Å². The molecule has 156 valence electrons. The predicted molar refractivity (Wildman–Crippen MR) is 112 cm³/mol. The van der Waals surface area contributed by atoms with Crippen LogP contribution in [0.3, 0.4) is 0 Å². The van der Waals surface area contributed by atoms with Gasteiger partial charge in [-0.05, 0) is 49.9 Å². The number of nitrogens with zero attached hydrogens (tertiary/aromatic N) is 1. The van der Waals surface area contributed by atoms with Crippen LogP contribution >= 0.6 is 0 Å². The standard InChI is InChI=1S/C22H29N3O4/c1-5-27-21(26)25-20-9-18-15(11-24-20)12-28-19-8-16(6-7-17(18)19)29-13-22(4,23)10-14(2)3/h6-9,11,14H,5,10,12-13,23H2,1-4H3,(H,24,25,26)/i13D2. The minimum atomic E-state index is -2.07. The van der Waals surface area contributed by atoms with Gasteiger partial charge in [-0.25, -0.2) is 9.78 Å². The van der Waals surface area contributed by atoms with Crippen LogP contribution in [0.2, 0.25) is 0 Å². The molecule has 0 aliphatic carbocycles. The lowest BCUT2D eigenvalue weighted by Gasteiger charge is -2.27. The molecular formula is C22H29N3O4. The van der Waals surface area contributed by atoms with Gasteiger partial charge in [0.1, 0.15) is 30.5 Å². The molecule has 0 saturated heterocycles. The molecule has 0 spiro atoms. The quantitative estimate of drug-likeness (QED) is 0.716. The average molecular weight is 402 g/mol. The van der Waals surface area contributed by atoms with Gasteiger partial charge in [0.25, 0.3) is 0 Å². The van der Waals surface area contributed by atoms with Crippen LogP contribution in [0.5, 0.6) is 11.5 Å². The maximum absolute atomic E-state index is 11.7. The van der Waals surface area contributed by atoms with E-state index in [1.165, 1.54) is 0 Å². The highest BCUT2D eigenvalue weighted by Gasteiger charge is 2.23. The van der Waals surface area contributed by atoms with Crippen LogP contribution in [-0.2, 0) is 11.3 Å². The van der Waals surface area contributed by atoms with Gasteiger partial charge in [0.2, 0.25) is 0 Å². The smallest absolute Gasteiger partial charge is 0.412 e. The van der Waals surface area contributed by atoms with Gasteiger partial charge >= 0.3 is 6.09 Å². The number of carbonyl (C=O) groups is 1. The first kappa shape index (κ1) is 18.2. The molecule has 0 bridgehead atoms. The summed E-state index contributed by atoms with van der Waals surface area (Å²) in [6.45, 7) is 5.86. The van der Waals surface area contributed by atoms with E-state index in [0.717, 1.165) is 16.7 Å². The number of carbonyl (C=O) groups excluding carboxylic acids is 1. The third-order valence-electron chi connectivity index (χ3n) is 4.35. The highest BCUT2D eigenvalue weighted by Crippen LogP contribution is 2.40. The van der Waals surface area contributed by atoms with E-state index in [9.17, 15) is 4.79 Å². The van der Waals surface area contributed by atoms with Crippen molar-refractivity contribution >= 4 is 11.9 Å². The predicted octanol–water partition coefficient (Wildman–Crippen LogP) is 4.35. The number of rotatable bonds is 7. The summed E-state index contributed by atoms with van der Waals surface area (Å²) < 4.78 is 33.1. The van der Waals surface area contributed by atoms with Crippen LogP contribution in [0.15, 0.2) is 30.5 Å². The number of nitrogens with one attached hydrogen (secondary N) is 1. The average Bonchev–Trinajstić information content (AvgIpc) is 2.66. The molecule has 1 unspecified atom stereocenters. The fraction of sp³-hybridized carbons (Fsp3) is 0.455. The Morgan fingerprint density at radius 2 is 2.21 bits per heavy atom. The zero-order valence-electron chi connectivity index (χ0n) is 19.2. The van der Waals surface area contributed by atoms with Crippen molar-refractivity contribution in [3.8, 4) is 22.6 Å². The molecule has 3 N–H and O–H groups in total. The highest BCUT2D eigenvalue weighted by molar-refractivity contribution is 5.85. The van der Waals surface area contributed by atoms with Crippen molar-refractivity contribution in [1.82, 2.24) is 4.98 Å². The Bertz CT molecular complexity index is 964. The molecule has 29 heavy (non-hydrogen) atoms. The number of fused-ring (bicyclic) bond motifs is 3. The second-order valence-electron chi connectivity index (χ2n) is 7.74. The van der Waals surface area contributed by atoms with Gasteiger partial charge in [0, 0.05) is 28.9 Å². The van der Waals surface area contributed by atoms with Crippen LogP contribution in [0.25, 0.3) is 11.1 Å². The molecule has 1 aromatic carbocycles. The summed E-state index contributed by atoms with van der Waals surface area (Å²) in [5.74, 6) is 1.47. The summed E-state index contributed by atoms with van der Waals surface area (Å²) in [5, 5.41) is 2.60. The summed E-state index contributed by atoms with van der Waals surface area (Å²) >= 11 is 0. The summed E-state index contributed by atoms with van der Waals surface area (Å²) in [5.41, 5.74) is 7.60. The number of benzene rings is 1. The summed E-state index contributed by atoms with van der Waals surface area (Å²) in [6.07, 6.45) is 1.55. The maximum atomic E-state index is 11.7. The molecule has 1 aliphatic rings. The van der Waals surface area contributed by atoms with Crippen LogP contribution in [-0.4, -0.2) is 29.8 Å². The van der Waals surface area contributed by atoms with E-state index in [1.54, 1.807) is 44.3 Å². The third kappa shape index (κ3) is 5.38. The van der Waals surface area contributed by atoms with Gasteiger partial charge in [0.15, 0.2) is 0 Å². The van der Waals surface area contributed by atoms with E-state index < -0.39 is 18.2 Å². The normalized spacial score (nSPS) is 15.8. The van der Waals surface area contributed by atoms with Crippen LogP contribution in [0, 0.1) is 5.92 Å². The van der Waals surface area contributed by atoms with E-state index in [0.29, 0.717) is 30.3 Å². The summed E-state index contributed by atoms with van der Waals surface area (Å²) in [6, 6.07) is 6.88. The lowest BCUT2D eigenvalue weighted by Crippen LogP contribution is -2.43. The van der Waals surface area contributed by atoms with Crippen molar-refractivity contribution < 1.29 is 21.7 Å². The zero-order chi connectivity index (χ0) is 22.8. The van der Waals surface area contributed by atoms with Gasteiger partial charge < -0.3 is 19.9 Å². The first-order chi connectivity index (χ1) is 14.5. The highest BCUT2D eigenvalue weighted by atomic mass is 16.5. The molecule has 1 amide bonds. The molecule has 7 heteroatoms. The zero-order valence-corrected chi connectivity index (χ0v) is 17.2. The number of nitrogens with two attached hydrogens (primary N) is 1. The van der Waals surface area contributed by atoms with E-state index in [1.807, 2.05) is 13.8 Å². The lowest BCUT2D eigenvalue weighted by molar-refractivity contribution is 0.168. The Labute approximate surface area is 174 Å². The van der Waals surface area contributed by atoms with E-state index in [-0.39, 0.29) is 12.5 Å². The van der Waals surface area contributed by atoms with Crippen LogP contribution < -0.4 is 20.5 Å². The monoisotopic (exact) mass is 401 g/mol. The van der Waals surface area contributed by atoms with Crippen molar-refractivity contribution in [3.63, 3.8) is 0 Å². The van der Waals surface area contributed by atoms with Crippen LogP contribution in [0.4, 0.5) is 10.6 Å². The Morgan fingerprint density at radius 1 is 1.41 bits per heavy atom. The first-order valence-corrected chi connectivity index (χ1v) is 9.70. The molecule has 2 aromatic rings. The van der Waals surface area contributed by atoms with Gasteiger partial charge in [-0.2, -0.15) is 0 Å². The van der Waals surface area contributed by atoms with Gasteiger partial charge in [-0.15, -0.1) is 0 Å². The molecule has 2 heterocycles. The first-order valence-electron chi connectivity index (χ1n) is 10.7. The molecule has 7 nitrogen and oxygen atoms in total. The van der Waals surface area contributed by atoms with E-state index in [4.69, 9.17) is 22.7 Å². The van der Waals surface area contributed by atoms with Crippen molar-refractivity contribution in [1.29, 1.82) is 0 Å². The molecule has 1 aliphatic heterocycles. The van der Waals surface area contributed by atoms with Crippen molar-refractivity contribution in [2.45, 2.75) is 46.3 Å².